The number of carbonyl (C=O) groups is 2. The van der Waals surface area contributed by atoms with Crippen molar-refractivity contribution in [2.75, 3.05) is 19.5 Å². The average molecular weight is 383 g/mol. The van der Waals surface area contributed by atoms with Crippen LogP contribution in [0.25, 0.3) is 10.8 Å². The maximum absolute atomic E-state index is 12.6. The van der Waals surface area contributed by atoms with E-state index >= 15 is 0 Å². The second-order valence-electron chi connectivity index (χ2n) is 5.81. The van der Waals surface area contributed by atoms with Crippen molar-refractivity contribution in [3.8, 4) is 11.5 Å². The number of methoxy groups -OCH3 is 2. The Hall–Kier alpha value is -3.88. The Balaban J connectivity index is 1.93. The SMILES string of the molecule is COc1cc(NC(=O)Cn2nc(C(=O)O)c3ccccc3c2=O)cc(OC)c1. The highest BCUT2D eigenvalue weighted by Crippen LogP contribution is 2.25. The van der Waals surface area contributed by atoms with Crippen molar-refractivity contribution >= 4 is 28.3 Å². The molecule has 9 nitrogen and oxygen atoms in total. The second kappa shape index (κ2) is 7.78. The molecule has 0 saturated heterocycles. The molecule has 0 fully saturated rings. The molecule has 0 atom stereocenters. The fourth-order valence-corrected chi connectivity index (χ4v) is 2.72. The Morgan fingerprint density at radius 3 is 2.25 bits per heavy atom. The highest BCUT2D eigenvalue weighted by molar-refractivity contribution is 6.01. The predicted molar refractivity (Wildman–Crippen MR) is 101 cm³/mol. The number of benzene rings is 2. The van der Waals surface area contributed by atoms with Gasteiger partial charge in [-0.15, -0.1) is 0 Å². The zero-order chi connectivity index (χ0) is 20.3. The Kier molecular flexibility index (Phi) is 5.25. The third-order valence-corrected chi connectivity index (χ3v) is 4.00. The largest absolute Gasteiger partial charge is 0.497 e. The minimum absolute atomic E-state index is 0.172. The third kappa shape index (κ3) is 3.78. The Morgan fingerprint density at radius 1 is 1.07 bits per heavy atom. The van der Waals surface area contributed by atoms with E-state index in [0.29, 0.717) is 17.2 Å². The number of nitrogens with one attached hydrogen (secondary N) is 1. The minimum atomic E-state index is -1.29. The monoisotopic (exact) mass is 383 g/mol. The van der Waals surface area contributed by atoms with E-state index in [1.807, 2.05) is 0 Å². The molecule has 0 radical (unpaired) electrons. The van der Waals surface area contributed by atoms with E-state index in [1.54, 1.807) is 30.3 Å². The van der Waals surface area contributed by atoms with Gasteiger partial charge in [0, 0.05) is 29.3 Å². The van der Waals surface area contributed by atoms with Crippen LogP contribution in [0.1, 0.15) is 10.5 Å². The zero-order valence-electron chi connectivity index (χ0n) is 15.1. The smallest absolute Gasteiger partial charge is 0.357 e. The Bertz CT molecular complexity index is 1100. The molecule has 0 aliphatic rings. The number of ether oxygens (including phenoxy) is 2. The van der Waals surface area contributed by atoms with Gasteiger partial charge in [0.15, 0.2) is 5.69 Å². The molecule has 28 heavy (non-hydrogen) atoms. The number of fused-ring (bicyclic) bond motifs is 1. The number of rotatable bonds is 6. The highest BCUT2D eigenvalue weighted by atomic mass is 16.5. The van der Waals surface area contributed by atoms with Gasteiger partial charge in [0.2, 0.25) is 5.91 Å². The molecule has 0 bridgehead atoms. The molecule has 0 aliphatic carbocycles. The molecule has 1 heterocycles. The summed E-state index contributed by atoms with van der Waals surface area (Å²) in [5, 5.41) is 16.2. The summed E-state index contributed by atoms with van der Waals surface area (Å²) in [5.41, 5.74) is -0.460. The maximum Gasteiger partial charge on any atom is 0.357 e. The van der Waals surface area contributed by atoms with Crippen LogP contribution in [0.4, 0.5) is 5.69 Å². The highest BCUT2D eigenvalue weighted by Gasteiger charge is 2.17. The van der Waals surface area contributed by atoms with E-state index in [2.05, 4.69) is 10.4 Å². The summed E-state index contributed by atoms with van der Waals surface area (Å²) in [4.78, 5) is 36.5. The van der Waals surface area contributed by atoms with Crippen LogP contribution in [0.15, 0.2) is 47.3 Å². The van der Waals surface area contributed by atoms with Gasteiger partial charge < -0.3 is 19.9 Å². The molecule has 144 valence electrons. The van der Waals surface area contributed by atoms with Crippen LogP contribution in [-0.2, 0) is 11.3 Å². The predicted octanol–water partition coefficient (Wildman–Crippen LogP) is 1.75. The number of hydrogen-bond acceptors (Lipinski definition) is 6. The molecular weight excluding hydrogens is 366 g/mol. The van der Waals surface area contributed by atoms with Gasteiger partial charge in [-0.3, -0.25) is 9.59 Å². The summed E-state index contributed by atoms with van der Waals surface area (Å²) < 4.78 is 11.1. The standard InChI is InChI=1S/C19H17N3O6/c1-27-12-7-11(8-13(9-12)28-2)20-16(23)10-22-18(24)15-6-4-3-5-14(15)17(21-22)19(25)26/h3-9H,10H2,1-2H3,(H,20,23)(H,25,26). The summed E-state index contributed by atoms with van der Waals surface area (Å²) in [5.74, 6) is -0.896. The number of aromatic carboxylic acids is 1. The van der Waals surface area contributed by atoms with Crippen molar-refractivity contribution in [1.82, 2.24) is 9.78 Å². The quantitative estimate of drug-likeness (QED) is 0.665. The summed E-state index contributed by atoms with van der Waals surface area (Å²) >= 11 is 0. The Labute approximate surface area is 159 Å². The first kappa shape index (κ1) is 18.9. The van der Waals surface area contributed by atoms with E-state index in [1.165, 1.54) is 26.4 Å². The van der Waals surface area contributed by atoms with Gasteiger partial charge in [-0.05, 0) is 6.07 Å². The fraction of sp³-hybridized carbons (Fsp3) is 0.158. The number of carboxylic acid groups (broad SMARTS) is 1. The molecule has 1 amide bonds. The van der Waals surface area contributed by atoms with Gasteiger partial charge in [-0.2, -0.15) is 5.10 Å². The van der Waals surface area contributed by atoms with Crippen LogP contribution in [0.5, 0.6) is 11.5 Å². The van der Waals surface area contributed by atoms with Crippen molar-refractivity contribution in [3.63, 3.8) is 0 Å². The number of carbonyl (C=O) groups excluding carboxylic acids is 1. The number of nitrogens with zero attached hydrogens (tertiary/aromatic N) is 2. The molecule has 0 unspecified atom stereocenters. The second-order valence-corrected chi connectivity index (χ2v) is 5.81. The zero-order valence-corrected chi connectivity index (χ0v) is 15.1. The third-order valence-electron chi connectivity index (χ3n) is 4.00. The average Bonchev–Trinajstić information content (AvgIpc) is 2.69. The number of anilines is 1. The molecule has 3 rings (SSSR count). The van der Waals surface area contributed by atoms with Gasteiger partial charge in [0.1, 0.15) is 18.0 Å². The fourth-order valence-electron chi connectivity index (χ4n) is 2.72. The van der Waals surface area contributed by atoms with Crippen LogP contribution in [-0.4, -0.2) is 41.0 Å². The van der Waals surface area contributed by atoms with E-state index < -0.39 is 24.0 Å². The summed E-state index contributed by atoms with van der Waals surface area (Å²) in [6.45, 7) is -0.455. The van der Waals surface area contributed by atoms with Gasteiger partial charge in [-0.25, -0.2) is 9.48 Å². The van der Waals surface area contributed by atoms with E-state index in [4.69, 9.17) is 9.47 Å². The molecule has 0 aliphatic heterocycles. The van der Waals surface area contributed by atoms with Gasteiger partial charge >= 0.3 is 5.97 Å². The van der Waals surface area contributed by atoms with Crippen LogP contribution in [0.2, 0.25) is 0 Å². The van der Waals surface area contributed by atoms with E-state index in [9.17, 15) is 19.5 Å². The lowest BCUT2D eigenvalue weighted by Gasteiger charge is -2.11. The molecule has 3 aromatic rings. The van der Waals surface area contributed by atoms with E-state index in [0.717, 1.165) is 4.68 Å². The Morgan fingerprint density at radius 2 is 1.68 bits per heavy atom. The van der Waals surface area contributed by atoms with Gasteiger partial charge in [0.25, 0.3) is 5.56 Å². The van der Waals surface area contributed by atoms with Gasteiger partial charge in [-0.1, -0.05) is 18.2 Å². The van der Waals surface area contributed by atoms with Gasteiger partial charge in [0.05, 0.1) is 19.6 Å². The molecule has 0 spiro atoms. The summed E-state index contributed by atoms with van der Waals surface area (Å²) in [6, 6.07) is 11.0. The maximum atomic E-state index is 12.6. The summed E-state index contributed by atoms with van der Waals surface area (Å²) in [6.07, 6.45) is 0. The van der Waals surface area contributed by atoms with E-state index in [-0.39, 0.29) is 16.5 Å². The molecule has 9 heteroatoms. The van der Waals surface area contributed by atoms with Crippen molar-refractivity contribution in [2.45, 2.75) is 6.54 Å². The van der Waals surface area contributed by atoms with Crippen LogP contribution < -0.4 is 20.3 Å². The number of carboxylic acids is 1. The number of amides is 1. The van der Waals surface area contributed by atoms with Crippen molar-refractivity contribution < 1.29 is 24.2 Å². The van der Waals surface area contributed by atoms with Crippen molar-refractivity contribution in [3.05, 3.63) is 58.5 Å². The number of hydrogen-bond donors (Lipinski definition) is 2. The van der Waals surface area contributed by atoms with Crippen LogP contribution in [0, 0.1) is 0 Å². The molecular formula is C19H17N3O6. The number of aromatic nitrogens is 2. The first-order valence-electron chi connectivity index (χ1n) is 8.19. The lowest BCUT2D eigenvalue weighted by Crippen LogP contribution is -2.31. The van der Waals surface area contributed by atoms with Crippen molar-refractivity contribution in [2.24, 2.45) is 0 Å². The lowest BCUT2D eigenvalue weighted by atomic mass is 10.1. The molecule has 2 aromatic carbocycles. The minimum Gasteiger partial charge on any atom is -0.497 e. The lowest BCUT2D eigenvalue weighted by molar-refractivity contribution is -0.117. The van der Waals surface area contributed by atoms with Crippen LogP contribution in [0.3, 0.4) is 0 Å². The topological polar surface area (TPSA) is 120 Å². The first-order valence-corrected chi connectivity index (χ1v) is 8.19. The summed E-state index contributed by atoms with van der Waals surface area (Å²) in [7, 11) is 2.96. The van der Waals surface area contributed by atoms with Crippen LogP contribution >= 0.6 is 0 Å². The molecule has 0 saturated carbocycles. The molecule has 2 N–H and O–H groups in total. The normalized spacial score (nSPS) is 10.5. The molecule has 1 aromatic heterocycles. The van der Waals surface area contributed by atoms with Crippen molar-refractivity contribution in [1.29, 1.82) is 0 Å². The first-order chi connectivity index (χ1) is 13.4.